The summed E-state index contributed by atoms with van der Waals surface area (Å²) in [7, 11) is 0. The Hall–Kier alpha value is -1.38. The number of hydrogen-bond donors (Lipinski definition) is 1. The molecule has 0 heterocycles. The van der Waals surface area contributed by atoms with Crippen molar-refractivity contribution < 1.29 is 4.74 Å². The highest BCUT2D eigenvalue weighted by Gasteiger charge is 2.07. The lowest BCUT2D eigenvalue weighted by Gasteiger charge is -2.09. The van der Waals surface area contributed by atoms with Gasteiger partial charge in [-0.25, -0.2) is 0 Å². The van der Waals surface area contributed by atoms with Gasteiger partial charge in [0.05, 0.1) is 10.7 Å². The Morgan fingerprint density at radius 3 is 2.31 bits per heavy atom. The Labute approximate surface area is 104 Å². The number of rotatable bonds is 2. The van der Waals surface area contributed by atoms with Crippen molar-refractivity contribution in [3.8, 4) is 11.5 Å². The molecule has 0 unspecified atom stereocenters. The molecular formula is C12H9Cl2NO. The molecule has 0 atom stereocenters. The maximum Gasteiger partial charge on any atom is 0.150 e. The predicted octanol–water partition coefficient (Wildman–Crippen LogP) is 4.37. The van der Waals surface area contributed by atoms with Gasteiger partial charge in [0, 0.05) is 0 Å². The number of nitrogen functional groups attached to an aromatic ring is 1. The Kier molecular flexibility index (Phi) is 3.22. The average Bonchev–Trinajstić information content (AvgIpc) is 2.28. The topological polar surface area (TPSA) is 35.2 Å². The van der Waals surface area contributed by atoms with Crippen LogP contribution in [0.2, 0.25) is 10.0 Å². The quantitative estimate of drug-likeness (QED) is 0.807. The number of halogens is 2. The Balaban J connectivity index is 2.35. The predicted molar refractivity (Wildman–Crippen MR) is 67.4 cm³/mol. The van der Waals surface area contributed by atoms with Crippen molar-refractivity contribution in [1.29, 1.82) is 0 Å². The van der Waals surface area contributed by atoms with Crippen LogP contribution in [0.15, 0.2) is 42.5 Å². The third-order valence-electron chi connectivity index (χ3n) is 2.06. The molecule has 4 heteroatoms. The van der Waals surface area contributed by atoms with Gasteiger partial charge in [0.2, 0.25) is 0 Å². The number of para-hydroxylation sites is 2. The molecule has 0 aliphatic rings. The monoisotopic (exact) mass is 253 g/mol. The van der Waals surface area contributed by atoms with Gasteiger partial charge >= 0.3 is 0 Å². The van der Waals surface area contributed by atoms with E-state index in [9.17, 15) is 0 Å². The molecule has 0 aliphatic heterocycles. The van der Waals surface area contributed by atoms with E-state index in [1.54, 1.807) is 30.3 Å². The fourth-order valence-electron chi connectivity index (χ4n) is 1.25. The number of nitrogens with two attached hydrogens (primary N) is 1. The van der Waals surface area contributed by atoms with Crippen LogP contribution < -0.4 is 10.5 Å². The van der Waals surface area contributed by atoms with Gasteiger partial charge in [-0.05, 0) is 24.3 Å². The highest BCUT2D eigenvalue weighted by atomic mass is 35.5. The molecule has 0 saturated carbocycles. The fraction of sp³-hybridized carbons (Fsp3) is 0. The van der Waals surface area contributed by atoms with Gasteiger partial charge in [0.15, 0.2) is 0 Å². The van der Waals surface area contributed by atoms with Crippen molar-refractivity contribution in [3.05, 3.63) is 52.5 Å². The van der Waals surface area contributed by atoms with E-state index in [-0.39, 0.29) is 0 Å². The Bertz CT molecular complexity index is 514. The zero-order valence-electron chi connectivity index (χ0n) is 8.28. The van der Waals surface area contributed by atoms with Gasteiger partial charge < -0.3 is 10.5 Å². The average molecular weight is 254 g/mol. The molecule has 16 heavy (non-hydrogen) atoms. The third kappa shape index (κ3) is 2.23. The third-order valence-corrected chi connectivity index (χ3v) is 2.86. The maximum atomic E-state index is 6.00. The largest absolute Gasteiger partial charge is 0.454 e. The normalized spacial score (nSPS) is 10.1. The Morgan fingerprint density at radius 1 is 0.875 bits per heavy atom. The van der Waals surface area contributed by atoms with Crippen LogP contribution in [0.3, 0.4) is 0 Å². The van der Waals surface area contributed by atoms with Crippen molar-refractivity contribution in [1.82, 2.24) is 0 Å². The number of hydrogen-bond acceptors (Lipinski definition) is 2. The molecule has 0 spiro atoms. The van der Waals surface area contributed by atoms with E-state index < -0.39 is 0 Å². The van der Waals surface area contributed by atoms with Gasteiger partial charge in [-0.15, -0.1) is 0 Å². The zero-order chi connectivity index (χ0) is 11.5. The number of anilines is 1. The van der Waals surface area contributed by atoms with Crippen LogP contribution in [0.1, 0.15) is 0 Å². The first-order chi connectivity index (χ1) is 7.68. The first-order valence-electron chi connectivity index (χ1n) is 4.65. The molecule has 0 aromatic heterocycles. The molecule has 0 aliphatic carbocycles. The standard InChI is InChI=1S/C12H9Cl2NO/c13-8-4-3-7-11(12(8)14)16-10-6-2-1-5-9(10)15/h1-7H,15H2. The van der Waals surface area contributed by atoms with Gasteiger partial charge in [0.25, 0.3) is 0 Å². The van der Waals surface area contributed by atoms with E-state index in [1.807, 2.05) is 12.1 Å². The number of ether oxygens (including phenoxy) is 1. The lowest BCUT2D eigenvalue weighted by molar-refractivity contribution is 0.485. The lowest BCUT2D eigenvalue weighted by Crippen LogP contribution is -1.91. The summed E-state index contributed by atoms with van der Waals surface area (Å²) >= 11 is 11.9. The van der Waals surface area contributed by atoms with Crippen molar-refractivity contribution in [2.45, 2.75) is 0 Å². The van der Waals surface area contributed by atoms with Gasteiger partial charge in [-0.1, -0.05) is 41.4 Å². The van der Waals surface area contributed by atoms with Gasteiger partial charge in [-0.2, -0.15) is 0 Å². The minimum absolute atomic E-state index is 0.382. The molecule has 0 fully saturated rings. The van der Waals surface area contributed by atoms with Crippen molar-refractivity contribution >= 4 is 28.9 Å². The molecule has 2 N–H and O–H groups in total. The summed E-state index contributed by atoms with van der Waals surface area (Å²) in [5, 5.41) is 0.834. The summed E-state index contributed by atoms with van der Waals surface area (Å²) < 4.78 is 5.58. The van der Waals surface area contributed by atoms with E-state index in [0.29, 0.717) is 27.2 Å². The van der Waals surface area contributed by atoms with Gasteiger partial charge in [-0.3, -0.25) is 0 Å². The summed E-state index contributed by atoms with van der Waals surface area (Å²) in [5.41, 5.74) is 6.31. The molecule has 0 radical (unpaired) electrons. The minimum atomic E-state index is 0.382. The van der Waals surface area contributed by atoms with Crippen LogP contribution >= 0.6 is 23.2 Å². The molecule has 2 rings (SSSR count). The zero-order valence-corrected chi connectivity index (χ0v) is 9.79. The second kappa shape index (κ2) is 4.64. The van der Waals surface area contributed by atoms with Crippen LogP contribution in [-0.2, 0) is 0 Å². The van der Waals surface area contributed by atoms with E-state index in [1.165, 1.54) is 0 Å². The van der Waals surface area contributed by atoms with E-state index >= 15 is 0 Å². The molecule has 0 bridgehead atoms. The number of benzene rings is 2. The van der Waals surface area contributed by atoms with E-state index in [2.05, 4.69) is 0 Å². The molecule has 0 amide bonds. The summed E-state index contributed by atoms with van der Waals surface area (Å²) in [6.45, 7) is 0. The molecular weight excluding hydrogens is 245 g/mol. The fourth-order valence-corrected chi connectivity index (χ4v) is 1.59. The molecule has 2 aromatic rings. The summed E-state index contributed by atoms with van der Waals surface area (Å²) in [5.74, 6) is 1.05. The summed E-state index contributed by atoms with van der Waals surface area (Å²) in [6, 6.07) is 12.4. The second-order valence-corrected chi connectivity index (χ2v) is 3.98. The summed E-state index contributed by atoms with van der Waals surface area (Å²) in [4.78, 5) is 0. The van der Waals surface area contributed by atoms with E-state index in [4.69, 9.17) is 33.7 Å². The van der Waals surface area contributed by atoms with Crippen molar-refractivity contribution in [2.24, 2.45) is 0 Å². The van der Waals surface area contributed by atoms with Crippen molar-refractivity contribution in [3.63, 3.8) is 0 Å². The SMILES string of the molecule is Nc1ccccc1Oc1cccc(Cl)c1Cl. The molecule has 2 nitrogen and oxygen atoms in total. The molecule has 82 valence electrons. The van der Waals surface area contributed by atoms with Crippen LogP contribution in [0.25, 0.3) is 0 Å². The second-order valence-electron chi connectivity index (χ2n) is 3.19. The van der Waals surface area contributed by atoms with Crippen LogP contribution in [0, 0.1) is 0 Å². The van der Waals surface area contributed by atoms with Crippen molar-refractivity contribution in [2.75, 3.05) is 5.73 Å². The van der Waals surface area contributed by atoms with Crippen LogP contribution in [0.4, 0.5) is 5.69 Å². The van der Waals surface area contributed by atoms with Crippen LogP contribution in [-0.4, -0.2) is 0 Å². The molecule has 0 saturated heterocycles. The maximum absolute atomic E-state index is 6.00. The highest BCUT2D eigenvalue weighted by Crippen LogP contribution is 2.36. The molecule has 2 aromatic carbocycles. The van der Waals surface area contributed by atoms with Crippen LogP contribution in [0.5, 0.6) is 11.5 Å². The van der Waals surface area contributed by atoms with E-state index in [0.717, 1.165) is 0 Å². The summed E-state index contributed by atoms with van der Waals surface area (Å²) in [6.07, 6.45) is 0. The smallest absolute Gasteiger partial charge is 0.150 e. The first kappa shape index (κ1) is 11.1. The lowest BCUT2D eigenvalue weighted by atomic mass is 10.3. The first-order valence-corrected chi connectivity index (χ1v) is 5.40. The Morgan fingerprint density at radius 2 is 1.56 bits per heavy atom. The highest BCUT2D eigenvalue weighted by molar-refractivity contribution is 6.42. The minimum Gasteiger partial charge on any atom is -0.454 e. The van der Waals surface area contributed by atoms with Gasteiger partial charge in [0.1, 0.15) is 16.5 Å².